The summed E-state index contributed by atoms with van der Waals surface area (Å²) in [5.41, 5.74) is 0.348. The smallest absolute Gasteiger partial charge is 0.357 e. The molecule has 0 radical (unpaired) electrons. The first-order chi connectivity index (χ1) is 21.7. The number of amides is 2. The lowest BCUT2D eigenvalue weighted by Crippen LogP contribution is -2.53. The first-order valence-corrected chi connectivity index (χ1v) is 16.2. The Labute approximate surface area is 275 Å². The minimum atomic E-state index is -4.91. The molecular weight excluding hydrogens is 662 g/mol. The zero-order valence-electron chi connectivity index (χ0n) is 24.8. The SMILES string of the molecule is CNC(=O)C(Cc1ccccc1)N(Cc1ccc(Cl)cc1)C(=O)CN(c1ccc(Cl)c(C(F)(F)F)c1)S(=O)(=O)c1ccc(C)cc1. The van der Waals surface area contributed by atoms with Crippen LogP contribution in [-0.2, 0) is 38.8 Å². The maximum absolute atomic E-state index is 14.3. The lowest BCUT2D eigenvalue weighted by Gasteiger charge is -2.33. The highest BCUT2D eigenvalue weighted by Gasteiger charge is 2.37. The summed E-state index contributed by atoms with van der Waals surface area (Å²) in [4.78, 5) is 28.6. The van der Waals surface area contributed by atoms with Crippen LogP contribution in [0.5, 0.6) is 0 Å². The molecular formula is C33H30Cl2F3N3O4S. The molecule has 2 amide bonds. The molecule has 4 aromatic carbocycles. The summed E-state index contributed by atoms with van der Waals surface area (Å²) in [7, 11) is -3.20. The fraction of sp³-hybridized carbons (Fsp3) is 0.212. The van der Waals surface area contributed by atoms with Crippen LogP contribution in [0.3, 0.4) is 0 Å². The van der Waals surface area contributed by atoms with E-state index in [4.69, 9.17) is 23.2 Å². The third-order valence-electron chi connectivity index (χ3n) is 7.21. The number of aryl methyl sites for hydroxylation is 1. The fourth-order valence-corrected chi connectivity index (χ4v) is 6.52. The van der Waals surface area contributed by atoms with E-state index >= 15 is 0 Å². The lowest BCUT2D eigenvalue weighted by molar-refractivity contribution is -0.139. The number of likely N-dealkylation sites (N-methyl/N-ethyl adjacent to an activating group) is 1. The van der Waals surface area contributed by atoms with Gasteiger partial charge >= 0.3 is 6.18 Å². The Morgan fingerprint density at radius 1 is 0.870 bits per heavy atom. The summed E-state index contributed by atoms with van der Waals surface area (Å²) < 4.78 is 70.3. The Bertz CT molecular complexity index is 1790. The molecule has 0 aliphatic rings. The number of sulfonamides is 1. The van der Waals surface area contributed by atoms with Gasteiger partial charge in [0.25, 0.3) is 10.0 Å². The molecule has 1 N–H and O–H groups in total. The number of anilines is 1. The number of halogens is 5. The van der Waals surface area contributed by atoms with Crippen LogP contribution in [0, 0.1) is 6.92 Å². The molecule has 46 heavy (non-hydrogen) atoms. The highest BCUT2D eigenvalue weighted by atomic mass is 35.5. The van der Waals surface area contributed by atoms with Crippen molar-refractivity contribution in [2.75, 3.05) is 17.9 Å². The van der Waals surface area contributed by atoms with E-state index in [-0.39, 0.29) is 17.9 Å². The van der Waals surface area contributed by atoms with E-state index in [0.29, 0.717) is 21.0 Å². The molecule has 0 aliphatic carbocycles. The summed E-state index contributed by atoms with van der Waals surface area (Å²) >= 11 is 11.9. The number of carbonyl (C=O) groups excluding carboxylic acids is 2. The minimum absolute atomic E-state index is 0.0731. The van der Waals surface area contributed by atoms with Crippen LogP contribution in [0.1, 0.15) is 22.3 Å². The van der Waals surface area contributed by atoms with Crippen LogP contribution in [0.15, 0.2) is 102 Å². The van der Waals surface area contributed by atoms with Gasteiger partial charge in [-0.2, -0.15) is 13.2 Å². The third kappa shape index (κ3) is 8.39. The lowest BCUT2D eigenvalue weighted by atomic mass is 10.0. The Hall–Kier alpha value is -4.06. The number of rotatable bonds is 11. The second kappa shape index (κ2) is 14.6. The molecule has 0 bridgehead atoms. The number of alkyl halides is 3. The van der Waals surface area contributed by atoms with Gasteiger partial charge < -0.3 is 10.2 Å². The minimum Gasteiger partial charge on any atom is -0.357 e. The number of nitrogens with one attached hydrogen (secondary N) is 1. The Morgan fingerprint density at radius 2 is 1.50 bits per heavy atom. The third-order valence-corrected chi connectivity index (χ3v) is 9.58. The van der Waals surface area contributed by atoms with Crippen molar-refractivity contribution < 1.29 is 31.2 Å². The average Bonchev–Trinajstić information content (AvgIpc) is 3.02. The van der Waals surface area contributed by atoms with Crippen LogP contribution < -0.4 is 9.62 Å². The van der Waals surface area contributed by atoms with E-state index < -0.39 is 56.9 Å². The van der Waals surface area contributed by atoms with E-state index in [1.807, 2.05) is 0 Å². The highest BCUT2D eigenvalue weighted by Crippen LogP contribution is 2.38. The molecule has 1 unspecified atom stereocenters. The van der Waals surface area contributed by atoms with Crippen molar-refractivity contribution in [1.82, 2.24) is 10.2 Å². The predicted molar refractivity (Wildman–Crippen MR) is 172 cm³/mol. The van der Waals surface area contributed by atoms with Gasteiger partial charge in [-0.3, -0.25) is 13.9 Å². The molecule has 13 heteroatoms. The Balaban J connectivity index is 1.84. The molecule has 7 nitrogen and oxygen atoms in total. The van der Waals surface area contributed by atoms with Crippen molar-refractivity contribution in [3.8, 4) is 0 Å². The van der Waals surface area contributed by atoms with Crippen molar-refractivity contribution in [3.63, 3.8) is 0 Å². The molecule has 242 valence electrons. The van der Waals surface area contributed by atoms with Gasteiger partial charge in [0, 0.05) is 25.0 Å². The molecule has 4 rings (SSSR count). The molecule has 0 spiro atoms. The van der Waals surface area contributed by atoms with Gasteiger partial charge in [0.1, 0.15) is 12.6 Å². The Morgan fingerprint density at radius 3 is 2.09 bits per heavy atom. The van der Waals surface area contributed by atoms with Crippen LogP contribution in [0.4, 0.5) is 18.9 Å². The van der Waals surface area contributed by atoms with Gasteiger partial charge in [0.05, 0.1) is 21.2 Å². The van der Waals surface area contributed by atoms with Crippen molar-refractivity contribution >= 4 is 50.7 Å². The van der Waals surface area contributed by atoms with Crippen molar-refractivity contribution in [2.45, 2.75) is 37.0 Å². The van der Waals surface area contributed by atoms with Crippen LogP contribution in [-0.4, -0.2) is 44.8 Å². The molecule has 0 aromatic heterocycles. The standard InChI is InChI=1S/C33H30Cl2F3N3O4S/c1-22-8-15-27(16-9-22)46(44,45)41(26-14-17-29(35)28(19-26)33(36,37)38)21-31(42)40(20-24-10-12-25(34)13-11-24)30(32(43)39-2)18-23-6-4-3-5-7-23/h3-17,19,30H,18,20-21H2,1-2H3,(H,39,43). The average molecular weight is 693 g/mol. The van der Waals surface area contributed by atoms with Crippen molar-refractivity contribution in [2.24, 2.45) is 0 Å². The molecule has 0 fully saturated rings. The molecule has 0 saturated carbocycles. The molecule has 0 heterocycles. The Kier molecular flexibility index (Phi) is 11.0. The second-order valence-electron chi connectivity index (χ2n) is 10.5. The summed E-state index contributed by atoms with van der Waals surface area (Å²) in [6.45, 7) is 0.686. The number of benzene rings is 4. The van der Waals surface area contributed by atoms with Gasteiger partial charge in [0.15, 0.2) is 0 Å². The van der Waals surface area contributed by atoms with Gasteiger partial charge in [-0.15, -0.1) is 0 Å². The van der Waals surface area contributed by atoms with Gasteiger partial charge in [-0.25, -0.2) is 8.42 Å². The summed E-state index contributed by atoms with van der Waals surface area (Å²) in [6.07, 6.45) is -4.83. The summed E-state index contributed by atoms with van der Waals surface area (Å²) in [6, 6.07) is 22.6. The van der Waals surface area contributed by atoms with E-state index in [1.165, 1.54) is 36.2 Å². The maximum Gasteiger partial charge on any atom is 0.417 e. The summed E-state index contributed by atoms with van der Waals surface area (Å²) in [5.74, 6) is -1.36. The van der Waals surface area contributed by atoms with Gasteiger partial charge in [-0.05, 0) is 60.5 Å². The number of hydrogen-bond donors (Lipinski definition) is 1. The normalized spacial score (nSPS) is 12.3. The quantitative estimate of drug-likeness (QED) is 0.185. The van der Waals surface area contributed by atoms with Crippen molar-refractivity contribution in [1.29, 1.82) is 0 Å². The zero-order valence-corrected chi connectivity index (χ0v) is 27.1. The van der Waals surface area contributed by atoms with Crippen LogP contribution in [0.25, 0.3) is 0 Å². The van der Waals surface area contributed by atoms with E-state index in [9.17, 15) is 31.2 Å². The number of hydrogen-bond acceptors (Lipinski definition) is 4. The largest absolute Gasteiger partial charge is 0.417 e. The van der Waals surface area contributed by atoms with E-state index in [1.54, 1.807) is 61.5 Å². The van der Waals surface area contributed by atoms with Gasteiger partial charge in [0.2, 0.25) is 11.8 Å². The summed E-state index contributed by atoms with van der Waals surface area (Å²) in [5, 5.41) is 2.37. The highest BCUT2D eigenvalue weighted by molar-refractivity contribution is 7.92. The number of carbonyl (C=O) groups is 2. The topological polar surface area (TPSA) is 86.8 Å². The molecule has 0 saturated heterocycles. The van der Waals surface area contributed by atoms with E-state index in [2.05, 4.69) is 5.32 Å². The second-order valence-corrected chi connectivity index (χ2v) is 13.2. The maximum atomic E-state index is 14.3. The number of nitrogens with zero attached hydrogens (tertiary/aromatic N) is 2. The van der Waals surface area contributed by atoms with Gasteiger partial charge in [-0.1, -0.05) is 83.4 Å². The molecule has 4 aromatic rings. The first-order valence-electron chi connectivity index (χ1n) is 14.0. The van der Waals surface area contributed by atoms with Crippen molar-refractivity contribution in [3.05, 3.63) is 129 Å². The predicted octanol–water partition coefficient (Wildman–Crippen LogP) is 6.90. The fourth-order valence-electron chi connectivity index (χ4n) is 4.76. The molecule has 1 atom stereocenters. The van der Waals surface area contributed by atoms with Crippen LogP contribution >= 0.6 is 23.2 Å². The zero-order chi connectivity index (χ0) is 33.6. The van der Waals surface area contributed by atoms with E-state index in [0.717, 1.165) is 23.3 Å². The first kappa shape index (κ1) is 34.8. The van der Waals surface area contributed by atoms with Crippen LogP contribution in [0.2, 0.25) is 10.0 Å². The molecule has 0 aliphatic heterocycles. The monoisotopic (exact) mass is 691 g/mol.